The third-order valence-corrected chi connectivity index (χ3v) is 3.08. The lowest BCUT2D eigenvalue weighted by atomic mass is 9.96. The first-order valence-electron chi connectivity index (χ1n) is 6.02. The lowest BCUT2D eigenvalue weighted by molar-refractivity contribution is -0.117. The van der Waals surface area contributed by atoms with Crippen molar-refractivity contribution in [1.29, 1.82) is 0 Å². The predicted octanol–water partition coefficient (Wildman–Crippen LogP) is 3.09. The van der Waals surface area contributed by atoms with Crippen LogP contribution in [0.15, 0.2) is 30.3 Å². The molecule has 2 nitrogen and oxygen atoms in total. The number of carbonyl (C=O) groups is 1. The lowest BCUT2D eigenvalue weighted by Crippen LogP contribution is -2.24. The minimum Gasteiger partial charge on any atom is -0.312 e. The molecule has 86 valence electrons. The van der Waals surface area contributed by atoms with E-state index in [0.717, 1.165) is 18.7 Å². The molecule has 1 amide bonds. The number of carbonyl (C=O) groups excluding carboxylic acids is 1. The summed E-state index contributed by atoms with van der Waals surface area (Å²) in [6.45, 7) is 5.33. The topological polar surface area (TPSA) is 20.3 Å². The third-order valence-electron chi connectivity index (χ3n) is 3.08. The second-order valence-electron chi connectivity index (χ2n) is 5.04. The van der Waals surface area contributed by atoms with Gasteiger partial charge in [0.1, 0.15) is 0 Å². The largest absolute Gasteiger partial charge is 0.312 e. The van der Waals surface area contributed by atoms with Gasteiger partial charge in [-0.05, 0) is 30.4 Å². The maximum absolute atomic E-state index is 11.9. The van der Waals surface area contributed by atoms with Crippen LogP contribution in [-0.4, -0.2) is 12.5 Å². The molecule has 1 aromatic rings. The van der Waals surface area contributed by atoms with Gasteiger partial charge < -0.3 is 4.90 Å². The average molecular weight is 217 g/mol. The van der Waals surface area contributed by atoms with E-state index >= 15 is 0 Å². The van der Waals surface area contributed by atoms with Crippen LogP contribution in [-0.2, 0) is 4.79 Å². The zero-order valence-corrected chi connectivity index (χ0v) is 10.0. The van der Waals surface area contributed by atoms with E-state index in [2.05, 4.69) is 13.8 Å². The fourth-order valence-electron chi connectivity index (χ4n) is 2.46. The summed E-state index contributed by atoms with van der Waals surface area (Å²) in [4.78, 5) is 13.8. The van der Waals surface area contributed by atoms with Crippen molar-refractivity contribution in [3.63, 3.8) is 0 Å². The number of benzene rings is 1. The fraction of sp³-hybridized carbons (Fsp3) is 0.500. The maximum atomic E-state index is 11.9. The fourth-order valence-corrected chi connectivity index (χ4v) is 2.46. The summed E-state index contributed by atoms with van der Waals surface area (Å²) in [5, 5.41) is 0. The number of amides is 1. The summed E-state index contributed by atoms with van der Waals surface area (Å²) in [6.07, 6.45) is 1.86. The number of nitrogens with zero attached hydrogens (tertiary/aromatic N) is 1. The van der Waals surface area contributed by atoms with Crippen LogP contribution < -0.4 is 4.90 Å². The highest BCUT2D eigenvalue weighted by Crippen LogP contribution is 2.28. The zero-order chi connectivity index (χ0) is 11.5. The van der Waals surface area contributed by atoms with Crippen molar-refractivity contribution in [3.8, 4) is 0 Å². The zero-order valence-electron chi connectivity index (χ0n) is 10.0. The second-order valence-corrected chi connectivity index (χ2v) is 5.04. The molecule has 1 aromatic carbocycles. The van der Waals surface area contributed by atoms with Gasteiger partial charge in [-0.15, -0.1) is 0 Å². The molecule has 0 aliphatic carbocycles. The van der Waals surface area contributed by atoms with Crippen LogP contribution in [0.25, 0.3) is 0 Å². The highest BCUT2D eigenvalue weighted by molar-refractivity contribution is 5.95. The Labute approximate surface area is 97.3 Å². The molecule has 0 N–H and O–H groups in total. The maximum Gasteiger partial charge on any atom is 0.227 e. The van der Waals surface area contributed by atoms with Crippen molar-refractivity contribution in [3.05, 3.63) is 30.3 Å². The third kappa shape index (κ3) is 2.43. The number of para-hydroxylation sites is 1. The van der Waals surface area contributed by atoms with Gasteiger partial charge in [0, 0.05) is 18.7 Å². The minimum atomic E-state index is 0.275. The molecule has 0 aromatic heterocycles. The summed E-state index contributed by atoms with van der Waals surface area (Å²) in [7, 11) is 0. The summed E-state index contributed by atoms with van der Waals surface area (Å²) in [5.74, 6) is 1.48. The van der Waals surface area contributed by atoms with Gasteiger partial charge in [0.15, 0.2) is 0 Å². The Morgan fingerprint density at radius 3 is 2.62 bits per heavy atom. The van der Waals surface area contributed by atoms with Crippen LogP contribution in [0.3, 0.4) is 0 Å². The van der Waals surface area contributed by atoms with Gasteiger partial charge in [0.25, 0.3) is 0 Å². The Hall–Kier alpha value is -1.31. The van der Waals surface area contributed by atoms with Crippen molar-refractivity contribution in [2.75, 3.05) is 11.4 Å². The molecule has 0 spiro atoms. The van der Waals surface area contributed by atoms with E-state index in [1.54, 1.807) is 0 Å². The molecule has 1 aliphatic heterocycles. The number of hydrogen-bond donors (Lipinski definition) is 0. The highest BCUT2D eigenvalue weighted by Gasteiger charge is 2.30. The molecule has 1 fully saturated rings. The molecule has 1 atom stereocenters. The molecule has 1 saturated heterocycles. The average Bonchev–Trinajstić information content (AvgIpc) is 2.60. The molecule has 2 heteroatoms. The Kier molecular flexibility index (Phi) is 3.28. The first-order chi connectivity index (χ1) is 7.66. The van der Waals surface area contributed by atoms with Crippen LogP contribution in [0.4, 0.5) is 5.69 Å². The smallest absolute Gasteiger partial charge is 0.227 e. The molecule has 0 saturated carbocycles. The van der Waals surface area contributed by atoms with Gasteiger partial charge in [-0.25, -0.2) is 0 Å². The first-order valence-corrected chi connectivity index (χ1v) is 6.02. The van der Waals surface area contributed by atoms with Crippen LogP contribution in [0.2, 0.25) is 0 Å². The monoisotopic (exact) mass is 217 g/mol. The van der Waals surface area contributed by atoms with E-state index in [9.17, 15) is 4.79 Å². The van der Waals surface area contributed by atoms with Crippen molar-refractivity contribution in [2.24, 2.45) is 11.8 Å². The Balaban J connectivity index is 2.06. The van der Waals surface area contributed by atoms with Crippen molar-refractivity contribution < 1.29 is 4.79 Å². The molecule has 0 bridgehead atoms. The summed E-state index contributed by atoms with van der Waals surface area (Å²) in [6, 6.07) is 9.97. The summed E-state index contributed by atoms with van der Waals surface area (Å²) in [5.41, 5.74) is 1.04. The van der Waals surface area contributed by atoms with Crippen molar-refractivity contribution in [1.82, 2.24) is 0 Å². The Morgan fingerprint density at radius 2 is 2.00 bits per heavy atom. The van der Waals surface area contributed by atoms with Gasteiger partial charge in [-0.1, -0.05) is 32.0 Å². The van der Waals surface area contributed by atoms with Crippen LogP contribution in [0.1, 0.15) is 26.7 Å². The molecule has 1 aliphatic rings. The molecule has 2 rings (SSSR count). The summed E-state index contributed by atoms with van der Waals surface area (Å²) >= 11 is 0. The Morgan fingerprint density at radius 1 is 1.31 bits per heavy atom. The molecular weight excluding hydrogens is 198 g/mol. The quantitative estimate of drug-likeness (QED) is 0.762. The molecule has 1 unspecified atom stereocenters. The van der Waals surface area contributed by atoms with Crippen LogP contribution >= 0.6 is 0 Å². The molecule has 16 heavy (non-hydrogen) atoms. The molecular formula is C14H19NO. The van der Waals surface area contributed by atoms with Gasteiger partial charge in [-0.2, -0.15) is 0 Å². The highest BCUT2D eigenvalue weighted by atomic mass is 16.2. The van der Waals surface area contributed by atoms with E-state index in [0.29, 0.717) is 18.3 Å². The van der Waals surface area contributed by atoms with E-state index in [1.807, 2.05) is 35.2 Å². The standard InChI is InChI=1S/C14H19NO/c1-11(2)8-12-9-14(16)15(10-12)13-6-4-3-5-7-13/h3-7,11-12H,8-10H2,1-2H3. The number of hydrogen-bond acceptors (Lipinski definition) is 1. The molecule has 1 heterocycles. The van der Waals surface area contributed by atoms with Gasteiger partial charge >= 0.3 is 0 Å². The second kappa shape index (κ2) is 4.69. The predicted molar refractivity (Wildman–Crippen MR) is 66.4 cm³/mol. The van der Waals surface area contributed by atoms with Gasteiger partial charge in [-0.3, -0.25) is 4.79 Å². The van der Waals surface area contributed by atoms with E-state index in [1.165, 1.54) is 0 Å². The lowest BCUT2D eigenvalue weighted by Gasteiger charge is -2.17. The van der Waals surface area contributed by atoms with Crippen molar-refractivity contribution >= 4 is 11.6 Å². The van der Waals surface area contributed by atoms with Crippen LogP contribution in [0, 0.1) is 11.8 Å². The number of rotatable bonds is 3. The van der Waals surface area contributed by atoms with E-state index in [4.69, 9.17) is 0 Å². The van der Waals surface area contributed by atoms with Crippen molar-refractivity contribution in [2.45, 2.75) is 26.7 Å². The van der Waals surface area contributed by atoms with Gasteiger partial charge in [0.05, 0.1) is 0 Å². The van der Waals surface area contributed by atoms with Gasteiger partial charge in [0.2, 0.25) is 5.91 Å². The first kappa shape index (κ1) is 11.2. The summed E-state index contributed by atoms with van der Waals surface area (Å²) < 4.78 is 0. The van der Waals surface area contributed by atoms with E-state index in [-0.39, 0.29) is 5.91 Å². The SMILES string of the molecule is CC(C)CC1CC(=O)N(c2ccccc2)C1. The minimum absolute atomic E-state index is 0.275. The van der Waals surface area contributed by atoms with Crippen LogP contribution in [0.5, 0.6) is 0 Å². The normalized spacial score (nSPS) is 20.8. The Bertz CT molecular complexity index is 358. The molecule has 0 radical (unpaired) electrons. The number of anilines is 1. The van der Waals surface area contributed by atoms with E-state index < -0.39 is 0 Å².